The molecule has 3 heterocycles. The summed E-state index contributed by atoms with van der Waals surface area (Å²) >= 11 is 0. The molecule has 0 unspecified atom stereocenters. The molecule has 0 N–H and O–H groups in total. The molecule has 7 nitrogen and oxygen atoms in total. The van der Waals surface area contributed by atoms with Crippen LogP contribution >= 0.6 is 0 Å². The van der Waals surface area contributed by atoms with Crippen LogP contribution in [0.3, 0.4) is 0 Å². The Balaban J connectivity index is 1.86. The minimum atomic E-state index is 0.221. The van der Waals surface area contributed by atoms with Gasteiger partial charge < -0.3 is 4.52 Å². The molecule has 0 aliphatic heterocycles. The second kappa shape index (κ2) is 5.98. The molecule has 24 heavy (non-hydrogen) atoms. The van der Waals surface area contributed by atoms with Crippen LogP contribution < -0.4 is 0 Å². The molecule has 0 saturated heterocycles. The topological polar surface area (TPSA) is 72.3 Å². The number of fused-ring (bicyclic) bond motifs is 1. The Kier molecular flexibility index (Phi) is 4.13. The maximum Gasteiger partial charge on any atom is 0.241 e. The summed E-state index contributed by atoms with van der Waals surface area (Å²) < 4.78 is 7.21. The van der Waals surface area contributed by atoms with Crippen LogP contribution in [0.15, 0.2) is 16.8 Å². The van der Waals surface area contributed by atoms with Gasteiger partial charge in [0.2, 0.25) is 11.7 Å². The van der Waals surface area contributed by atoms with Gasteiger partial charge in [0, 0.05) is 17.9 Å². The number of nitrogens with zero attached hydrogens (tertiary/aromatic N) is 6. The molecule has 0 radical (unpaired) electrons. The minimum absolute atomic E-state index is 0.221. The molecule has 7 heteroatoms. The smallest absolute Gasteiger partial charge is 0.241 e. The maximum atomic E-state index is 5.42. The Morgan fingerprint density at radius 3 is 2.67 bits per heavy atom. The summed E-state index contributed by atoms with van der Waals surface area (Å²) in [6.45, 7) is 12.2. The molecular weight excluding hydrogens is 304 g/mol. The van der Waals surface area contributed by atoms with Crippen LogP contribution in [0.4, 0.5) is 0 Å². The number of hydrogen-bond donors (Lipinski definition) is 0. The lowest BCUT2D eigenvalue weighted by Gasteiger charge is -2.25. The Morgan fingerprint density at radius 1 is 1.21 bits per heavy atom. The molecule has 0 amide bonds. The van der Waals surface area contributed by atoms with Gasteiger partial charge >= 0.3 is 0 Å². The number of aryl methyl sites for hydroxylation is 2. The van der Waals surface area contributed by atoms with E-state index in [-0.39, 0.29) is 5.41 Å². The van der Waals surface area contributed by atoms with Gasteiger partial charge in [0.05, 0.1) is 18.3 Å². The van der Waals surface area contributed by atoms with Gasteiger partial charge in [-0.1, -0.05) is 25.9 Å². The van der Waals surface area contributed by atoms with Crippen LogP contribution in [0.1, 0.15) is 38.0 Å². The summed E-state index contributed by atoms with van der Waals surface area (Å²) in [5.74, 6) is 1.13. The van der Waals surface area contributed by atoms with Crippen molar-refractivity contribution in [3.8, 4) is 11.4 Å². The van der Waals surface area contributed by atoms with Crippen LogP contribution in [0.25, 0.3) is 17.0 Å². The molecule has 3 rings (SSSR count). The lowest BCUT2D eigenvalue weighted by atomic mass is 9.96. The minimum Gasteiger partial charge on any atom is -0.338 e. The summed E-state index contributed by atoms with van der Waals surface area (Å²) in [6, 6.07) is 1.99. The van der Waals surface area contributed by atoms with Gasteiger partial charge in [-0.2, -0.15) is 10.1 Å². The zero-order chi connectivity index (χ0) is 17.5. The zero-order valence-electron chi connectivity index (χ0n) is 15.2. The Bertz CT molecular complexity index is 858. The van der Waals surface area contributed by atoms with E-state index in [1.54, 1.807) is 10.7 Å². The van der Waals surface area contributed by atoms with E-state index in [1.165, 1.54) is 0 Å². The lowest BCUT2D eigenvalue weighted by Crippen LogP contribution is -2.28. The van der Waals surface area contributed by atoms with Crippen LogP contribution in [0.2, 0.25) is 0 Å². The third-order valence-electron chi connectivity index (χ3n) is 3.64. The fourth-order valence-electron chi connectivity index (χ4n) is 2.95. The SMILES string of the molecule is Cc1cc(C)n2ncc(-c3noc(CN(C)CC(C)(C)C)n3)c2n1. The first-order chi connectivity index (χ1) is 11.2. The summed E-state index contributed by atoms with van der Waals surface area (Å²) in [5.41, 5.74) is 3.73. The van der Waals surface area contributed by atoms with Crippen LogP contribution in [0, 0.1) is 19.3 Å². The first-order valence-electron chi connectivity index (χ1n) is 8.06. The van der Waals surface area contributed by atoms with Crippen LogP contribution in [0.5, 0.6) is 0 Å². The van der Waals surface area contributed by atoms with Crippen molar-refractivity contribution in [2.24, 2.45) is 5.41 Å². The van der Waals surface area contributed by atoms with Gasteiger partial charge in [-0.15, -0.1) is 0 Å². The Labute approximate surface area is 141 Å². The summed E-state index contributed by atoms with van der Waals surface area (Å²) in [4.78, 5) is 11.3. The lowest BCUT2D eigenvalue weighted by molar-refractivity contribution is 0.198. The fourth-order valence-corrected chi connectivity index (χ4v) is 2.95. The van der Waals surface area contributed by atoms with Crippen molar-refractivity contribution < 1.29 is 4.52 Å². The highest BCUT2D eigenvalue weighted by molar-refractivity contribution is 5.72. The molecular formula is C17H24N6O. The third kappa shape index (κ3) is 3.46. The number of aromatic nitrogens is 5. The van der Waals surface area contributed by atoms with E-state index in [4.69, 9.17) is 4.52 Å². The monoisotopic (exact) mass is 328 g/mol. The molecule has 0 aromatic carbocycles. The standard InChI is InChI=1S/C17H24N6O/c1-11-7-12(2)23-16(19-11)13(8-18-23)15-20-14(24-21-15)9-22(6)10-17(3,4)5/h7-8H,9-10H2,1-6H3. The van der Waals surface area contributed by atoms with Crippen molar-refractivity contribution in [3.63, 3.8) is 0 Å². The average Bonchev–Trinajstić information content (AvgIpc) is 3.02. The summed E-state index contributed by atoms with van der Waals surface area (Å²) in [7, 11) is 2.05. The highest BCUT2D eigenvalue weighted by Gasteiger charge is 2.19. The largest absolute Gasteiger partial charge is 0.338 e. The van der Waals surface area contributed by atoms with Gasteiger partial charge in [0.15, 0.2) is 5.65 Å². The van der Waals surface area contributed by atoms with Crippen molar-refractivity contribution in [2.45, 2.75) is 41.2 Å². The molecule has 3 aromatic heterocycles. The van der Waals surface area contributed by atoms with Crippen molar-refractivity contribution in [3.05, 3.63) is 29.5 Å². The molecule has 0 fully saturated rings. The van der Waals surface area contributed by atoms with Crippen molar-refractivity contribution in [2.75, 3.05) is 13.6 Å². The normalized spacial score (nSPS) is 12.5. The zero-order valence-corrected chi connectivity index (χ0v) is 15.2. The van der Waals surface area contributed by atoms with Crippen molar-refractivity contribution in [1.29, 1.82) is 0 Å². The van der Waals surface area contributed by atoms with Crippen LogP contribution in [-0.2, 0) is 6.54 Å². The predicted molar refractivity (Wildman–Crippen MR) is 91.5 cm³/mol. The first-order valence-corrected chi connectivity index (χ1v) is 8.06. The summed E-state index contributed by atoms with van der Waals surface area (Å²) in [6.07, 6.45) is 1.74. The maximum absolute atomic E-state index is 5.42. The number of hydrogen-bond acceptors (Lipinski definition) is 6. The second-order valence-electron chi connectivity index (χ2n) is 7.58. The van der Waals surface area contributed by atoms with E-state index in [0.29, 0.717) is 18.3 Å². The molecule has 0 aliphatic rings. The van der Waals surface area contributed by atoms with Crippen molar-refractivity contribution >= 4 is 5.65 Å². The van der Waals surface area contributed by atoms with E-state index in [2.05, 4.69) is 52.9 Å². The fraction of sp³-hybridized carbons (Fsp3) is 0.529. The van der Waals surface area contributed by atoms with Gasteiger partial charge in [0.25, 0.3) is 0 Å². The highest BCUT2D eigenvalue weighted by Crippen LogP contribution is 2.22. The van der Waals surface area contributed by atoms with Gasteiger partial charge in [0.1, 0.15) is 0 Å². The number of rotatable bonds is 4. The Morgan fingerprint density at radius 2 is 1.96 bits per heavy atom. The highest BCUT2D eigenvalue weighted by atomic mass is 16.5. The molecule has 0 spiro atoms. The third-order valence-corrected chi connectivity index (χ3v) is 3.64. The molecule has 0 saturated carbocycles. The van der Waals surface area contributed by atoms with E-state index < -0.39 is 0 Å². The quantitative estimate of drug-likeness (QED) is 0.733. The van der Waals surface area contributed by atoms with Gasteiger partial charge in [-0.3, -0.25) is 4.90 Å². The van der Waals surface area contributed by atoms with E-state index in [1.807, 2.05) is 19.9 Å². The van der Waals surface area contributed by atoms with Crippen LogP contribution in [-0.4, -0.2) is 43.2 Å². The second-order valence-corrected chi connectivity index (χ2v) is 7.58. The van der Waals surface area contributed by atoms with E-state index in [9.17, 15) is 0 Å². The van der Waals surface area contributed by atoms with Gasteiger partial charge in [-0.25, -0.2) is 9.50 Å². The molecule has 0 atom stereocenters. The first kappa shape index (κ1) is 16.6. The average molecular weight is 328 g/mol. The van der Waals surface area contributed by atoms with E-state index in [0.717, 1.165) is 29.1 Å². The Hall–Kier alpha value is -2.28. The van der Waals surface area contributed by atoms with Crippen molar-refractivity contribution in [1.82, 2.24) is 29.6 Å². The van der Waals surface area contributed by atoms with E-state index >= 15 is 0 Å². The predicted octanol–water partition coefficient (Wildman–Crippen LogP) is 2.87. The van der Waals surface area contributed by atoms with Gasteiger partial charge in [-0.05, 0) is 32.4 Å². The molecule has 3 aromatic rings. The summed E-state index contributed by atoms with van der Waals surface area (Å²) in [5, 5.41) is 8.49. The molecule has 128 valence electrons. The molecule has 0 bridgehead atoms. The molecule has 0 aliphatic carbocycles.